The first-order valence-electron chi connectivity index (χ1n) is 9.79. The Hall–Kier alpha value is -3.78. The number of methoxy groups -OCH3 is 3. The molecular formula is C24H22N2O5S. The van der Waals surface area contributed by atoms with Gasteiger partial charge in [-0.2, -0.15) is 0 Å². The van der Waals surface area contributed by atoms with E-state index in [-0.39, 0.29) is 5.70 Å². The summed E-state index contributed by atoms with van der Waals surface area (Å²) >= 11 is 1.38. The van der Waals surface area contributed by atoms with Gasteiger partial charge in [-0.3, -0.25) is 9.59 Å². The van der Waals surface area contributed by atoms with Gasteiger partial charge in [0.2, 0.25) is 0 Å². The van der Waals surface area contributed by atoms with E-state index in [4.69, 9.17) is 14.2 Å². The van der Waals surface area contributed by atoms with Crippen molar-refractivity contribution in [2.45, 2.75) is 6.92 Å². The highest BCUT2D eigenvalue weighted by atomic mass is 32.1. The molecule has 0 fully saturated rings. The predicted molar refractivity (Wildman–Crippen MR) is 125 cm³/mol. The van der Waals surface area contributed by atoms with Crippen molar-refractivity contribution in [3.05, 3.63) is 70.0 Å². The molecule has 0 atom stereocenters. The summed E-state index contributed by atoms with van der Waals surface area (Å²) < 4.78 is 16.2. The maximum atomic E-state index is 13.6. The average Bonchev–Trinajstić information content (AvgIpc) is 3.40. The van der Waals surface area contributed by atoms with Crippen LogP contribution < -0.4 is 24.4 Å². The lowest BCUT2D eigenvalue weighted by atomic mass is 10.1. The van der Waals surface area contributed by atoms with E-state index < -0.39 is 11.8 Å². The minimum Gasteiger partial charge on any atom is -0.497 e. The van der Waals surface area contributed by atoms with Gasteiger partial charge >= 0.3 is 0 Å². The van der Waals surface area contributed by atoms with Gasteiger partial charge in [-0.25, -0.2) is 4.90 Å². The van der Waals surface area contributed by atoms with Crippen molar-refractivity contribution >= 4 is 40.1 Å². The second-order valence-electron chi connectivity index (χ2n) is 7.04. The van der Waals surface area contributed by atoms with Crippen LogP contribution in [0.2, 0.25) is 0 Å². The summed E-state index contributed by atoms with van der Waals surface area (Å²) in [5.41, 5.74) is 2.25. The van der Waals surface area contributed by atoms with E-state index in [1.165, 1.54) is 25.6 Å². The van der Waals surface area contributed by atoms with Crippen molar-refractivity contribution in [1.82, 2.24) is 0 Å². The van der Waals surface area contributed by atoms with E-state index in [0.29, 0.717) is 39.1 Å². The first-order valence-corrected chi connectivity index (χ1v) is 10.7. The molecule has 0 spiro atoms. The van der Waals surface area contributed by atoms with Crippen LogP contribution in [0.25, 0.3) is 5.57 Å². The number of hydrogen-bond donors (Lipinski definition) is 1. The zero-order valence-corrected chi connectivity index (χ0v) is 18.9. The summed E-state index contributed by atoms with van der Waals surface area (Å²) in [6.45, 7) is 1.89. The molecule has 1 aliphatic rings. The van der Waals surface area contributed by atoms with Gasteiger partial charge in [-0.15, -0.1) is 11.3 Å². The Morgan fingerprint density at radius 3 is 2.28 bits per heavy atom. The largest absolute Gasteiger partial charge is 0.497 e. The van der Waals surface area contributed by atoms with Crippen molar-refractivity contribution in [2.24, 2.45) is 0 Å². The van der Waals surface area contributed by atoms with Crippen LogP contribution in [-0.4, -0.2) is 33.1 Å². The van der Waals surface area contributed by atoms with Gasteiger partial charge in [0, 0.05) is 10.9 Å². The van der Waals surface area contributed by atoms with E-state index in [0.717, 1.165) is 10.5 Å². The molecule has 7 nitrogen and oxygen atoms in total. The highest BCUT2D eigenvalue weighted by molar-refractivity contribution is 7.11. The van der Waals surface area contributed by atoms with E-state index in [1.54, 1.807) is 37.4 Å². The number of benzene rings is 2. The number of thiophene rings is 1. The van der Waals surface area contributed by atoms with Crippen LogP contribution in [0.1, 0.15) is 10.4 Å². The monoisotopic (exact) mass is 450 g/mol. The summed E-state index contributed by atoms with van der Waals surface area (Å²) in [6.07, 6.45) is 0. The summed E-state index contributed by atoms with van der Waals surface area (Å²) in [4.78, 5) is 29.0. The number of rotatable bonds is 7. The number of nitrogens with zero attached hydrogens (tertiary/aromatic N) is 1. The first kappa shape index (κ1) is 21.5. The zero-order valence-electron chi connectivity index (χ0n) is 18.1. The van der Waals surface area contributed by atoms with Crippen LogP contribution >= 0.6 is 11.3 Å². The number of carbonyl (C=O) groups is 2. The average molecular weight is 451 g/mol. The lowest BCUT2D eigenvalue weighted by Gasteiger charge is -2.19. The molecule has 32 heavy (non-hydrogen) atoms. The number of aryl methyl sites for hydroxylation is 1. The fraction of sp³-hybridized carbons (Fsp3) is 0.167. The SMILES string of the molecule is COc1ccc(OC)c(NC2=C(c3cccs3)C(=O)N(c3cc(C)ccc3OC)C2=O)c1. The number of ether oxygens (including phenoxy) is 3. The lowest BCUT2D eigenvalue weighted by Crippen LogP contribution is -2.32. The second-order valence-corrected chi connectivity index (χ2v) is 7.99. The summed E-state index contributed by atoms with van der Waals surface area (Å²) in [7, 11) is 4.60. The Morgan fingerprint density at radius 1 is 0.875 bits per heavy atom. The standard InChI is InChI=1S/C24H22N2O5S/c1-14-7-9-19(31-4)17(12-14)26-23(27)21(20-6-5-11-32-20)22(24(26)28)25-16-13-15(29-2)8-10-18(16)30-3/h5-13,25H,1-4H3. The molecule has 8 heteroatoms. The quantitative estimate of drug-likeness (QED) is 0.535. The van der Waals surface area contributed by atoms with Gasteiger partial charge in [-0.05, 0) is 48.2 Å². The van der Waals surface area contributed by atoms with E-state index in [1.807, 2.05) is 30.5 Å². The molecule has 1 aromatic heterocycles. The normalized spacial score (nSPS) is 13.6. The molecule has 3 aromatic rings. The molecule has 0 saturated heterocycles. The molecule has 4 rings (SSSR count). The van der Waals surface area contributed by atoms with Gasteiger partial charge in [-0.1, -0.05) is 12.1 Å². The molecule has 0 unspecified atom stereocenters. The molecule has 1 aliphatic heterocycles. The highest BCUT2D eigenvalue weighted by Crippen LogP contribution is 2.40. The van der Waals surface area contributed by atoms with Crippen molar-refractivity contribution in [3.63, 3.8) is 0 Å². The molecule has 2 aromatic carbocycles. The number of amides is 2. The number of carbonyl (C=O) groups excluding carboxylic acids is 2. The Bertz CT molecular complexity index is 1220. The summed E-state index contributed by atoms with van der Waals surface area (Å²) in [5.74, 6) is 0.622. The minimum atomic E-state index is -0.479. The van der Waals surface area contributed by atoms with E-state index >= 15 is 0 Å². The predicted octanol–water partition coefficient (Wildman–Crippen LogP) is 4.48. The summed E-state index contributed by atoms with van der Waals surface area (Å²) in [6, 6.07) is 14.2. The van der Waals surface area contributed by atoms with Gasteiger partial charge in [0.05, 0.1) is 38.3 Å². The minimum absolute atomic E-state index is 0.160. The molecule has 0 bridgehead atoms. The first-order chi connectivity index (χ1) is 15.5. The number of anilines is 2. The van der Waals surface area contributed by atoms with Crippen LogP contribution in [0.4, 0.5) is 11.4 Å². The van der Waals surface area contributed by atoms with Crippen LogP contribution in [0.5, 0.6) is 17.2 Å². The zero-order chi connectivity index (χ0) is 22.8. The summed E-state index contributed by atoms with van der Waals surface area (Å²) in [5, 5.41) is 4.99. The van der Waals surface area contributed by atoms with E-state index in [9.17, 15) is 9.59 Å². The lowest BCUT2D eigenvalue weighted by molar-refractivity contribution is -0.120. The fourth-order valence-electron chi connectivity index (χ4n) is 3.54. The van der Waals surface area contributed by atoms with Crippen LogP contribution in [0.15, 0.2) is 59.6 Å². The van der Waals surface area contributed by atoms with Crippen molar-refractivity contribution in [1.29, 1.82) is 0 Å². The molecule has 0 radical (unpaired) electrons. The number of hydrogen-bond acceptors (Lipinski definition) is 7. The van der Waals surface area contributed by atoms with E-state index in [2.05, 4.69) is 5.32 Å². The van der Waals surface area contributed by atoms with Gasteiger partial charge < -0.3 is 19.5 Å². The van der Waals surface area contributed by atoms with Crippen LogP contribution in [0.3, 0.4) is 0 Å². The second kappa shape index (κ2) is 8.76. The van der Waals surface area contributed by atoms with Crippen molar-refractivity contribution < 1.29 is 23.8 Å². The third-order valence-corrected chi connectivity index (χ3v) is 5.98. The Kier molecular flexibility index (Phi) is 5.87. The molecule has 2 heterocycles. The highest BCUT2D eigenvalue weighted by Gasteiger charge is 2.42. The number of nitrogens with one attached hydrogen (secondary N) is 1. The molecule has 2 amide bonds. The van der Waals surface area contributed by atoms with Gasteiger partial charge in [0.15, 0.2) is 0 Å². The fourth-order valence-corrected chi connectivity index (χ4v) is 4.30. The molecule has 1 N–H and O–H groups in total. The Labute approximate surface area is 189 Å². The molecule has 0 saturated carbocycles. The van der Waals surface area contributed by atoms with Crippen molar-refractivity contribution in [2.75, 3.05) is 31.5 Å². The third kappa shape index (κ3) is 3.69. The maximum absolute atomic E-state index is 13.6. The molecule has 164 valence electrons. The van der Waals surface area contributed by atoms with Gasteiger partial charge in [0.25, 0.3) is 11.8 Å². The smallest absolute Gasteiger partial charge is 0.282 e. The molecule has 0 aliphatic carbocycles. The van der Waals surface area contributed by atoms with Gasteiger partial charge in [0.1, 0.15) is 22.9 Å². The molecular weight excluding hydrogens is 428 g/mol. The van der Waals surface area contributed by atoms with Crippen LogP contribution in [0, 0.1) is 6.92 Å². The number of imide groups is 1. The van der Waals surface area contributed by atoms with Crippen LogP contribution in [-0.2, 0) is 9.59 Å². The third-order valence-electron chi connectivity index (χ3n) is 5.09. The Morgan fingerprint density at radius 2 is 1.62 bits per heavy atom. The topological polar surface area (TPSA) is 77.1 Å². The Balaban J connectivity index is 1.85. The van der Waals surface area contributed by atoms with Crippen molar-refractivity contribution in [3.8, 4) is 17.2 Å². The maximum Gasteiger partial charge on any atom is 0.282 e.